The first kappa shape index (κ1) is 18.8. The van der Waals surface area contributed by atoms with E-state index in [0.29, 0.717) is 0 Å². The van der Waals surface area contributed by atoms with Crippen LogP contribution in [0.3, 0.4) is 0 Å². The molecule has 0 amide bonds. The SMILES string of the molecule is CCCCCCCCC(O)C(CC)OCC(O)CO. The van der Waals surface area contributed by atoms with Crippen molar-refractivity contribution in [1.29, 1.82) is 0 Å². The molecule has 4 nitrogen and oxygen atoms in total. The fourth-order valence-electron chi connectivity index (χ4n) is 2.11. The summed E-state index contributed by atoms with van der Waals surface area (Å²) in [6, 6.07) is 0. The van der Waals surface area contributed by atoms with E-state index in [4.69, 9.17) is 9.84 Å². The molecule has 3 unspecified atom stereocenters. The molecule has 0 rings (SSSR count). The first-order valence-electron chi connectivity index (χ1n) is 7.74. The Bertz CT molecular complexity index is 187. The van der Waals surface area contributed by atoms with Gasteiger partial charge in [0.15, 0.2) is 0 Å². The largest absolute Gasteiger partial charge is 0.394 e. The second-order valence-electron chi connectivity index (χ2n) is 5.24. The van der Waals surface area contributed by atoms with Gasteiger partial charge in [-0.25, -0.2) is 0 Å². The van der Waals surface area contributed by atoms with E-state index < -0.39 is 12.2 Å². The van der Waals surface area contributed by atoms with Crippen LogP contribution in [0.5, 0.6) is 0 Å². The molecule has 0 aliphatic heterocycles. The molecule has 0 aliphatic carbocycles. The Kier molecular flexibility index (Phi) is 12.7. The summed E-state index contributed by atoms with van der Waals surface area (Å²) in [5.41, 5.74) is 0. The van der Waals surface area contributed by atoms with Gasteiger partial charge < -0.3 is 20.1 Å². The summed E-state index contributed by atoms with van der Waals surface area (Å²) in [6.07, 6.45) is 7.15. The molecular formula is C15H32O4. The number of unbranched alkanes of at least 4 members (excludes halogenated alkanes) is 5. The van der Waals surface area contributed by atoms with E-state index in [9.17, 15) is 10.2 Å². The van der Waals surface area contributed by atoms with Crippen molar-refractivity contribution in [2.24, 2.45) is 0 Å². The lowest BCUT2D eigenvalue weighted by atomic mass is 10.0. The molecule has 4 heteroatoms. The first-order valence-corrected chi connectivity index (χ1v) is 7.74. The van der Waals surface area contributed by atoms with Crippen molar-refractivity contribution in [3.8, 4) is 0 Å². The van der Waals surface area contributed by atoms with E-state index in [2.05, 4.69) is 6.92 Å². The van der Waals surface area contributed by atoms with Gasteiger partial charge in [-0.1, -0.05) is 52.4 Å². The third-order valence-corrected chi connectivity index (χ3v) is 3.40. The minimum absolute atomic E-state index is 0.0859. The van der Waals surface area contributed by atoms with Crippen LogP contribution in [0.1, 0.15) is 65.2 Å². The second kappa shape index (κ2) is 12.9. The highest BCUT2D eigenvalue weighted by Crippen LogP contribution is 2.14. The van der Waals surface area contributed by atoms with Crippen molar-refractivity contribution in [2.75, 3.05) is 13.2 Å². The molecule has 0 aromatic heterocycles. The molecule has 0 aromatic rings. The molecule has 0 saturated heterocycles. The number of hydrogen-bond donors (Lipinski definition) is 3. The number of aliphatic hydroxyl groups excluding tert-OH is 3. The fraction of sp³-hybridized carbons (Fsp3) is 1.00. The van der Waals surface area contributed by atoms with Crippen molar-refractivity contribution in [3.05, 3.63) is 0 Å². The summed E-state index contributed by atoms with van der Waals surface area (Å²) < 4.78 is 5.44. The highest BCUT2D eigenvalue weighted by atomic mass is 16.5. The predicted molar refractivity (Wildman–Crippen MR) is 77.1 cm³/mol. The van der Waals surface area contributed by atoms with E-state index in [0.717, 1.165) is 25.7 Å². The van der Waals surface area contributed by atoms with E-state index in [1.807, 2.05) is 6.92 Å². The van der Waals surface area contributed by atoms with Crippen molar-refractivity contribution in [3.63, 3.8) is 0 Å². The minimum Gasteiger partial charge on any atom is -0.394 e. The lowest BCUT2D eigenvalue weighted by molar-refractivity contribution is -0.0783. The van der Waals surface area contributed by atoms with E-state index in [1.165, 1.54) is 25.7 Å². The number of rotatable bonds is 13. The first-order chi connectivity index (χ1) is 9.15. The lowest BCUT2D eigenvalue weighted by Crippen LogP contribution is -2.32. The minimum atomic E-state index is -0.852. The third kappa shape index (κ3) is 10.3. The van der Waals surface area contributed by atoms with Gasteiger partial charge in [0, 0.05) is 0 Å². The average Bonchev–Trinajstić information content (AvgIpc) is 2.42. The van der Waals surface area contributed by atoms with Gasteiger partial charge in [0.1, 0.15) is 6.10 Å². The highest BCUT2D eigenvalue weighted by Gasteiger charge is 2.18. The van der Waals surface area contributed by atoms with Gasteiger partial charge in [0.05, 0.1) is 25.4 Å². The maximum absolute atomic E-state index is 10.0. The maximum atomic E-state index is 10.0. The van der Waals surface area contributed by atoms with E-state index in [1.54, 1.807) is 0 Å². The molecule has 0 aliphatic rings. The summed E-state index contributed by atoms with van der Waals surface area (Å²) in [5, 5.41) is 28.0. The van der Waals surface area contributed by atoms with Crippen LogP contribution in [0.25, 0.3) is 0 Å². The Labute approximate surface area is 117 Å². The predicted octanol–water partition coefficient (Wildman–Crippen LogP) is 2.25. The summed E-state index contributed by atoms with van der Waals surface area (Å²) >= 11 is 0. The Morgan fingerprint density at radius 2 is 1.58 bits per heavy atom. The maximum Gasteiger partial charge on any atom is 0.100 e. The van der Waals surface area contributed by atoms with Crippen LogP contribution in [-0.2, 0) is 4.74 Å². The molecule has 0 bridgehead atoms. The Morgan fingerprint density at radius 1 is 0.947 bits per heavy atom. The normalized spacial score (nSPS) is 16.3. The van der Waals surface area contributed by atoms with Crippen molar-refractivity contribution in [2.45, 2.75) is 83.5 Å². The molecular weight excluding hydrogens is 244 g/mol. The Morgan fingerprint density at radius 3 is 2.16 bits per heavy atom. The molecule has 0 radical (unpaired) electrons. The number of ether oxygens (including phenoxy) is 1. The second-order valence-corrected chi connectivity index (χ2v) is 5.24. The lowest BCUT2D eigenvalue weighted by Gasteiger charge is -2.23. The monoisotopic (exact) mass is 276 g/mol. The van der Waals surface area contributed by atoms with Gasteiger partial charge in [0.25, 0.3) is 0 Å². The molecule has 3 atom stereocenters. The quantitative estimate of drug-likeness (QED) is 0.451. The summed E-state index contributed by atoms with van der Waals surface area (Å²) in [4.78, 5) is 0. The zero-order valence-corrected chi connectivity index (χ0v) is 12.6. The molecule has 0 spiro atoms. The van der Waals surface area contributed by atoms with Crippen molar-refractivity contribution >= 4 is 0 Å². The van der Waals surface area contributed by atoms with Crippen LogP contribution >= 0.6 is 0 Å². The van der Waals surface area contributed by atoms with Crippen LogP contribution in [0.2, 0.25) is 0 Å². The molecule has 0 fully saturated rings. The Balaban J connectivity index is 3.66. The Hall–Kier alpha value is -0.160. The number of aliphatic hydroxyl groups is 3. The van der Waals surface area contributed by atoms with Crippen LogP contribution in [0.15, 0.2) is 0 Å². The van der Waals surface area contributed by atoms with E-state index >= 15 is 0 Å². The third-order valence-electron chi connectivity index (χ3n) is 3.40. The van der Waals surface area contributed by atoms with Gasteiger partial charge in [0.2, 0.25) is 0 Å². The standard InChI is InChI=1S/C15H32O4/c1-3-5-6-7-8-9-10-14(18)15(4-2)19-12-13(17)11-16/h13-18H,3-12H2,1-2H3. The van der Waals surface area contributed by atoms with Gasteiger partial charge in [-0.05, 0) is 12.8 Å². The van der Waals surface area contributed by atoms with Gasteiger partial charge in [-0.3, -0.25) is 0 Å². The van der Waals surface area contributed by atoms with E-state index in [-0.39, 0.29) is 19.3 Å². The van der Waals surface area contributed by atoms with Crippen molar-refractivity contribution < 1.29 is 20.1 Å². The topological polar surface area (TPSA) is 69.9 Å². The van der Waals surface area contributed by atoms with Gasteiger partial charge >= 0.3 is 0 Å². The van der Waals surface area contributed by atoms with Crippen LogP contribution in [-0.4, -0.2) is 46.8 Å². The summed E-state index contributed by atoms with van der Waals surface area (Å²) in [7, 11) is 0. The molecule has 0 saturated carbocycles. The zero-order valence-electron chi connectivity index (χ0n) is 12.6. The molecule has 116 valence electrons. The fourth-order valence-corrected chi connectivity index (χ4v) is 2.11. The molecule has 0 aromatic carbocycles. The average molecular weight is 276 g/mol. The molecule has 3 N–H and O–H groups in total. The van der Waals surface area contributed by atoms with Crippen LogP contribution in [0, 0.1) is 0 Å². The molecule has 19 heavy (non-hydrogen) atoms. The summed E-state index contributed by atoms with van der Waals surface area (Å²) in [6.45, 7) is 3.95. The smallest absolute Gasteiger partial charge is 0.100 e. The highest BCUT2D eigenvalue weighted by molar-refractivity contribution is 4.68. The molecule has 0 heterocycles. The summed E-state index contributed by atoms with van der Waals surface area (Å²) in [5.74, 6) is 0. The zero-order chi connectivity index (χ0) is 14.5. The van der Waals surface area contributed by atoms with Gasteiger partial charge in [-0.2, -0.15) is 0 Å². The van der Waals surface area contributed by atoms with Crippen LogP contribution < -0.4 is 0 Å². The van der Waals surface area contributed by atoms with Crippen LogP contribution in [0.4, 0.5) is 0 Å². The van der Waals surface area contributed by atoms with Gasteiger partial charge in [-0.15, -0.1) is 0 Å². The number of hydrogen-bond acceptors (Lipinski definition) is 4. The van der Waals surface area contributed by atoms with Crippen molar-refractivity contribution in [1.82, 2.24) is 0 Å².